The maximum atomic E-state index is 12.0. The van der Waals surface area contributed by atoms with Crippen molar-refractivity contribution in [1.29, 1.82) is 0 Å². The van der Waals surface area contributed by atoms with Crippen molar-refractivity contribution in [2.45, 2.75) is 31.5 Å². The van der Waals surface area contributed by atoms with Crippen molar-refractivity contribution in [3.63, 3.8) is 0 Å². The molecule has 0 aliphatic carbocycles. The number of nitrogens with one attached hydrogen (secondary N) is 1. The van der Waals surface area contributed by atoms with Gasteiger partial charge in [0.25, 0.3) is 0 Å². The Hall–Kier alpha value is -0.600. The molecular weight excluding hydrogens is 371 g/mol. The normalized spacial score (nSPS) is 14.1. The fourth-order valence-electron chi connectivity index (χ4n) is 1.80. The van der Waals surface area contributed by atoms with Crippen molar-refractivity contribution >= 4 is 26.0 Å². The molecule has 0 spiro atoms. The van der Waals surface area contributed by atoms with E-state index in [0.717, 1.165) is 5.56 Å². The predicted octanol–water partition coefficient (Wildman–Crippen LogP) is 3.25. The van der Waals surface area contributed by atoms with Gasteiger partial charge in [0.2, 0.25) is 10.0 Å². The summed E-state index contributed by atoms with van der Waals surface area (Å²) in [6, 6.07) is 8.90. The lowest BCUT2D eigenvalue weighted by atomic mass is 10.1. The molecule has 0 saturated heterocycles. The van der Waals surface area contributed by atoms with Gasteiger partial charge >= 0.3 is 6.18 Å². The molecule has 1 atom stereocenters. The van der Waals surface area contributed by atoms with Crippen LogP contribution in [-0.2, 0) is 16.4 Å². The van der Waals surface area contributed by atoms with Crippen LogP contribution in [0, 0.1) is 0 Å². The second kappa shape index (κ2) is 8.14. The molecule has 0 fully saturated rings. The first-order valence-electron chi connectivity index (χ1n) is 6.38. The molecule has 1 unspecified atom stereocenters. The molecular formula is C13H17BrF3NO2S. The smallest absolute Gasteiger partial charge is 0.212 e. The molecule has 0 amide bonds. The zero-order valence-corrected chi connectivity index (χ0v) is 13.6. The second-order valence-electron chi connectivity index (χ2n) is 4.70. The Kier molecular flexibility index (Phi) is 7.15. The molecule has 8 heteroatoms. The highest BCUT2D eigenvalue weighted by molar-refractivity contribution is 9.09. The third-order valence-corrected chi connectivity index (χ3v) is 5.03. The molecule has 1 rings (SSSR count). The lowest BCUT2D eigenvalue weighted by molar-refractivity contribution is -0.134. The van der Waals surface area contributed by atoms with E-state index in [1.54, 1.807) is 0 Å². The van der Waals surface area contributed by atoms with Crippen molar-refractivity contribution in [3.8, 4) is 0 Å². The van der Waals surface area contributed by atoms with Crippen LogP contribution >= 0.6 is 15.9 Å². The summed E-state index contributed by atoms with van der Waals surface area (Å²) < 4.78 is 62.1. The van der Waals surface area contributed by atoms with E-state index in [1.165, 1.54) is 0 Å². The topological polar surface area (TPSA) is 46.2 Å². The molecule has 0 aliphatic rings. The average Bonchev–Trinajstić information content (AvgIpc) is 2.37. The van der Waals surface area contributed by atoms with Crippen molar-refractivity contribution in [2.24, 2.45) is 0 Å². The predicted molar refractivity (Wildman–Crippen MR) is 79.9 cm³/mol. The van der Waals surface area contributed by atoms with Crippen LogP contribution < -0.4 is 4.72 Å². The molecule has 3 nitrogen and oxygen atoms in total. The van der Waals surface area contributed by atoms with Crippen molar-refractivity contribution in [1.82, 2.24) is 4.72 Å². The first kappa shape index (κ1) is 18.4. The fourth-order valence-corrected chi connectivity index (χ4v) is 3.72. The van der Waals surface area contributed by atoms with Crippen LogP contribution in [0.1, 0.15) is 18.4 Å². The van der Waals surface area contributed by atoms with Gasteiger partial charge in [0.05, 0.1) is 5.75 Å². The Labute approximate surface area is 131 Å². The number of alkyl halides is 4. The fraction of sp³-hybridized carbons (Fsp3) is 0.538. The minimum atomic E-state index is -4.33. The first-order chi connectivity index (χ1) is 9.72. The average molecular weight is 388 g/mol. The molecule has 0 heterocycles. The number of hydrogen-bond donors (Lipinski definition) is 1. The van der Waals surface area contributed by atoms with Gasteiger partial charge in [0, 0.05) is 17.8 Å². The maximum Gasteiger partial charge on any atom is 0.389 e. The molecule has 120 valence electrons. The summed E-state index contributed by atoms with van der Waals surface area (Å²) >= 11 is 3.22. The summed E-state index contributed by atoms with van der Waals surface area (Å²) in [6.45, 7) is 0. The highest BCUT2D eigenvalue weighted by Crippen LogP contribution is 2.21. The SMILES string of the molecule is O=S(=O)(CCCC(F)(F)F)NC(CBr)Cc1ccccc1. The molecule has 0 saturated carbocycles. The third-order valence-electron chi connectivity index (χ3n) is 2.73. The van der Waals surface area contributed by atoms with Crippen LogP contribution in [0.2, 0.25) is 0 Å². The van der Waals surface area contributed by atoms with E-state index in [0.29, 0.717) is 11.8 Å². The van der Waals surface area contributed by atoms with E-state index in [-0.39, 0.29) is 6.04 Å². The van der Waals surface area contributed by atoms with E-state index in [4.69, 9.17) is 0 Å². The van der Waals surface area contributed by atoms with E-state index >= 15 is 0 Å². The first-order valence-corrected chi connectivity index (χ1v) is 9.16. The Morgan fingerprint density at radius 2 is 1.81 bits per heavy atom. The molecule has 1 aromatic carbocycles. The Balaban J connectivity index is 2.51. The number of halogens is 4. The number of hydrogen-bond acceptors (Lipinski definition) is 2. The molecule has 0 aromatic heterocycles. The van der Waals surface area contributed by atoms with Gasteiger partial charge in [0.15, 0.2) is 0 Å². The lowest BCUT2D eigenvalue weighted by Gasteiger charge is -2.16. The largest absolute Gasteiger partial charge is 0.389 e. The van der Waals surface area contributed by atoms with E-state index < -0.39 is 34.8 Å². The van der Waals surface area contributed by atoms with E-state index in [2.05, 4.69) is 20.7 Å². The molecule has 0 aliphatic heterocycles. The molecule has 0 radical (unpaired) electrons. The van der Waals surface area contributed by atoms with Crippen LogP contribution in [0.5, 0.6) is 0 Å². The van der Waals surface area contributed by atoms with Gasteiger partial charge in [-0.05, 0) is 18.4 Å². The van der Waals surface area contributed by atoms with Gasteiger partial charge in [-0.1, -0.05) is 46.3 Å². The third kappa shape index (κ3) is 8.43. The lowest BCUT2D eigenvalue weighted by Crippen LogP contribution is -2.39. The van der Waals surface area contributed by atoms with Crippen LogP contribution in [0.4, 0.5) is 13.2 Å². The summed E-state index contributed by atoms with van der Waals surface area (Å²) in [7, 11) is -3.72. The highest BCUT2D eigenvalue weighted by Gasteiger charge is 2.27. The summed E-state index contributed by atoms with van der Waals surface area (Å²) in [5.41, 5.74) is 0.958. The van der Waals surface area contributed by atoms with Crippen molar-refractivity contribution in [2.75, 3.05) is 11.1 Å². The molecule has 21 heavy (non-hydrogen) atoms. The Bertz CT molecular complexity index is 520. The van der Waals surface area contributed by atoms with E-state index in [1.807, 2.05) is 30.3 Å². The minimum absolute atomic E-state index is 0.386. The van der Waals surface area contributed by atoms with Crippen LogP contribution in [0.15, 0.2) is 30.3 Å². The highest BCUT2D eigenvalue weighted by atomic mass is 79.9. The monoisotopic (exact) mass is 387 g/mol. The maximum absolute atomic E-state index is 12.0. The number of rotatable bonds is 8. The molecule has 0 bridgehead atoms. The van der Waals surface area contributed by atoms with Gasteiger partial charge in [-0.15, -0.1) is 0 Å². The van der Waals surface area contributed by atoms with Gasteiger partial charge in [-0.2, -0.15) is 13.2 Å². The van der Waals surface area contributed by atoms with Gasteiger partial charge in [-0.3, -0.25) is 0 Å². The minimum Gasteiger partial charge on any atom is -0.212 e. The van der Waals surface area contributed by atoms with Crippen LogP contribution in [-0.4, -0.2) is 31.7 Å². The van der Waals surface area contributed by atoms with Crippen LogP contribution in [0.25, 0.3) is 0 Å². The van der Waals surface area contributed by atoms with Gasteiger partial charge < -0.3 is 0 Å². The van der Waals surface area contributed by atoms with Gasteiger partial charge in [0.1, 0.15) is 0 Å². The second-order valence-corrected chi connectivity index (χ2v) is 7.22. The zero-order chi connectivity index (χ0) is 15.9. The van der Waals surface area contributed by atoms with Crippen molar-refractivity contribution < 1.29 is 21.6 Å². The number of benzene rings is 1. The summed E-state index contributed by atoms with van der Waals surface area (Å²) in [6.07, 6.45) is -5.37. The Morgan fingerprint density at radius 1 is 1.19 bits per heavy atom. The van der Waals surface area contributed by atoms with Gasteiger partial charge in [-0.25, -0.2) is 13.1 Å². The van der Waals surface area contributed by atoms with E-state index in [9.17, 15) is 21.6 Å². The molecule has 1 aromatic rings. The Morgan fingerprint density at radius 3 is 2.33 bits per heavy atom. The standard InChI is InChI=1S/C13H17BrF3NO2S/c14-10-12(9-11-5-2-1-3-6-11)18-21(19,20)8-4-7-13(15,16)17/h1-3,5-6,12,18H,4,7-10H2. The summed E-state index contributed by atoms with van der Waals surface area (Å²) in [4.78, 5) is 0. The zero-order valence-electron chi connectivity index (χ0n) is 11.2. The van der Waals surface area contributed by atoms with Crippen molar-refractivity contribution in [3.05, 3.63) is 35.9 Å². The molecule has 1 N–H and O–H groups in total. The summed E-state index contributed by atoms with van der Waals surface area (Å²) in [5, 5.41) is 0.389. The van der Waals surface area contributed by atoms with Crippen LogP contribution in [0.3, 0.4) is 0 Å². The quantitative estimate of drug-likeness (QED) is 0.695. The summed E-state index contributed by atoms with van der Waals surface area (Å²) in [5.74, 6) is -0.523. The number of sulfonamides is 1.